The van der Waals surface area contributed by atoms with E-state index in [0.29, 0.717) is 33.9 Å². The van der Waals surface area contributed by atoms with Gasteiger partial charge in [-0.05, 0) is 44.0 Å². The molecule has 2 heterocycles. The van der Waals surface area contributed by atoms with Crippen molar-refractivity contribution >= 4 is 21.6 Å². The quantitative estimate of drug-likeness (QED) is 0.470. The molecule has 0 amide bonds. The summed E-state index contributed by atoms with van der Waals surface area (Å²) in [5.74, 6) is 0.974. The monoisotopic (exact) mass is 436 g/mol. The molecule has 6 nitrogen and oxygen atoms in total. The van der Waals surface area contributed by atoms with Gasteiger partial charge in [-0.15, -0.1) is 11.3 Å². The molecule has 7 heteroatoms. The minimum Gasteiger partial charge on any atom is -0.497 e. The molecule has 0 aliphatic rings. The van der Waals surface area contributed by atoms with E-state index >= 15 is 0 Å². The van der Waals surface area contributed by atoms with E-state index < -0.39 is 5.69 Å². The number of nitrogens with zero attached hydrogens (tertiary/aromatic N) is 2. The summed E-state index contributed by atoms with van der Waals surface area (Å²) in [4.78, 5) is 28.9. The van der Waals surface area contributed by atoms with Gasteiger partial charge in [-0.3, -0.25) is 9.36 Å². The molecule has 4 aromatic rings. The minimum absolute atomic E-state index is 0.342. The first-order chi connectivity index (χ1) is 14.8. The molecule has 0 aliphatic heterocycles. The van der Waals surface area contributed by atoms with E-state index in [-0.39, 0.29) is 5.56 Å². The van der Waals surface area contributed by atoms with Crippen LogP contribution in [0, 0.1) is 20.8 Å². The third-order valence-corrected chi connectivity index (χ3v) is 6.73. The van der Waals surface area contributed by atoms with E-state index in [1.807, 2.05) is 39.0 Å². The second kappa shape index (κ2) is 8.07. The Labute approximate surface area is 183 Å². The molecule has 0 saturated carbocycles. The summed E-state index contributed by atoms with van der Waals surface area (Å²) >= 11 is 1.48. The van der Waals surface area contributed by atoms with Crippen molar-refractivity contribution in [3.8, 4) is 17.2 Å². The van der Waals surface area contributed by atoms with E-state index in [1.54, 1.807) is 29.9 Å². The van der Waals surface area contributed by atoms with Crippen LogP contribution in [0.1, 0.15) is 21.6 Å². The standard InChI is InChI=1S/C24H24N2O4S/c1-14-7-6-8-17(11-14)13-25-23-21(15(2)16(3)31-23)22(27)26(24(25)28)19-10-9-18(29-4)12-20(19)30-5/h6-12H,13H2,1-5H3. The second-order valence-electron chi connectivity index (χ2n) is 7.50. The van der Waals surface area contributed by atoms with Crippen LogP contribution in [0.15, 0.2) is 52.1 Å². The Bertz CT molecular complexity index is 1410. The zero-order valence-electron chi connectivity index (χ0n) is 18.2. The van der Waals surface area contributed by atoms with Gasteiger partial charge in [0, 0.05) is 10.9 Å². The fourth-order valence-electron chi connectivity index (χ4n) is 3.77. The van der Waals surface area contributed by atoms with Gasteiger partial charge in [0.25, 0.3) is 5.56 Å². The summed E-state index contributed by atoms with van der Waals surface area (Å²) < 4.78 is 13.6. The third-order valence-electron chi connectivity index (χ3n) is 5.50. The molecule has 0 bridgehead atoms. The van der Waals surface area contributed by atoms with Crippen molar-refractivity contribution in [2.45, 2.75) is 27.3 Å². The van der Waals surface area contributed by atoms with Crippen LogP contribution < -0.4 is 20.7 Å². The number of methoxy groups -OCH3 is 2. The lowest BCUT2D eigenvalue weighted by atomic mass is 10.1. The predicted octanol–water partition coefficient (Wildman–Crippen LogP) is 4.20. The third kappa shape index (κ3) is 3.55. The van der Waals surface area contributed by atoms with Crippen molar-refractivity contribution in [1.29, 1.82) is 0 Å². The summed E-state index contributed by atoms with van der Waals surface area (Å²) in [5.41, 5.74) is 2.66. The van der Waals surface area contributed by atoms with E-state index in [0.717, 1.165) is 21.6 Å². The average molecular weight is 437 g/mol. The first-order valence-electron chi connectivity index (χ1n) is 9.89. The van der Waals surface area contributed by atoms with Gasteiger partial charge in [-0.1, -0.05) is 29.8 Å². The SMILES string of the molecule is COc1ccc(-n2c(=O)c3c(C)c(C)sc3n(Cc3cccc(C)c3)c2=O)c(OC)c1. The maximum absolute atomic E-state index is 13.7. The Hall–Kier alpha value is -3.32. The molecule has 0 saturated heterocycles. The number of ether oxygens (including phenoxy) is 2. The number of aromatic nitrogens is 2. The molecule has 0 fully saturated rings. The summed E-state index contributed by atoms with van der Waals surface area (Å²) in [7, 11) is 3.06. The van der Waals surface area contributed by atoms with Gasteiger partial charge >= 0.3 is 5.69 Å². The van der Waals surface area contributed by atoms with Gasteiger partial charge in [0.05, 0.1) is 31.8 Å². The van der Waals surface area contributed by atoms with Gasteiger partial charge in [0.1, 0.15) is 16.3 Å². The van der Waals surface area contributed by atoms with E-state index in [9.17, 15) is 9.59 Å². The number of hydrogen-bond acceptors (Lipinski definition) is 5. The Kier molecular flexibility index (Phi) is 5.45. The smallest absolute Gasteiger partial charge is 0.337 e. The Morgan fingerprint density at radius 2 is 1.74 bits per heavy atom. The van der Waals surface area contributed by atoms with Crippen molar-refractivity contribution in [1.82, 2.24) is 9.13 Å². The molecule has 0 spiro atoms. The molecule has 0 unspecified atom stereocenters. The molecule has 0 atom stereocenters. The number of rotatable bonds is 5. The Morgan fingerprint density at radius 1 is 0.968 bits per heavy atom. The maximum atomic E-state index is 13.7. The molecule has 31 heavy (non-hydrogen) atoms. The summed E-state index contributed by atoms with van der Waals surface area (Å²) in [6.07, 6.45) is 0. The van der Waals surface area contributed by atoms with Crippen LogP contribution in [-0.2, 0) is 6.54 Å². The molecule has 160 valence electrons. The molecule has 4 rings (SSSR count). The molecule has 2 aromatic heterocycles. The fourth-order valence-corrected chi connectivity index (χ4v) is 4.91. The van der Waals surface area contributed by atoms with Crippen molar-refractivity contribution in [2.24, 2.45) is 0 Å². The van der Waals surface area contributed by atoms with Gasteiger partial charge in [0.15, 0.2) is 0 Å². The first kappa shape index (κ1) is 20.9. The Balaban J connectivity index is 2.07. The van der Waals surface area contributed by atoms with Crippen LogP contribution in [-0.4, -0.2) is 23.4 Å². The largest absolute Gasteiger partial charge is 0.497 e. The Morgan fingerprint density at radius 3 is 2.42 bits per heavy atom. The number of aryl methyl sites for hydroxylation is 3. The number of thiophene rings is 1. The van der Waals surface area contributed by atoms with Crippen LogP contribution >= 0.6 is 11.3 Å². The van der Waals surface area contributed by atoms with Gasteiger partial charge < -0.3 is 9.47 Å². The number of hydrogen-bond donors (Lipinski definition) is 0. The average Bonchev–Trinajstić information content (AvgIpc) is 3.06. The lowest BCUT2D eigenvalue weighted by Crippen LogP contribution is -2.39. The molecule has 2 aromatic carbocycles. The van der Waals surface area contributed by atoms with Crippen molar-refractivity contribution in [2.75, 3.05) is 14.2 Å². The summed E-state index contributed by atoms with van der Waals surface area (Å²) in [6, 6.07) is 13.1. The van der Waals surface area contributed by atoms with Crippen molar-refractivity contribution in [3.05, 3.63) is 84.9 Å². The molecule has 0 N–H and O–H groups in total. The van der Waals surface area contributed by atoms with Gasteiger partial charge in [-0.2, -0.15) is 0 Å². The summed E-state index contributed by atoms with van der Waals surface area (Å²) in [6.45, 7) is 6.28. The normalized spacial score (nSPS) is 11.1. The highest BCUT2D eigenvalue weighted by atomic mass is 32.1. The predicted molar refractivity (Wildman–Crippen MR) is 125 cm³/mol. The van der Waals surface area contributed by atoms with Crippen molar-refractivity contribution < 1.29 is 9.47 Å². The maximum Gasteiger partial charge on any atom is 0.337 e. The molecule has 0 aliphatic carbocycles. The number of fused-ring (bicyclic) bond motifs is 1. The number of benzene rings is 2. The lowest BCUT2D eigenvalue weighted by Gasteiger charge is -2.15. The summed E-state index contributed by atoms with van der Waals surface area (Å²) in [5, 5.41) is 0.563. The van der Waals surface area contributed by atoms with E-state index in [2.05, 4.69) is 6.07 Å². The van der Waals surface area contributed by atoms with Gasteiger partial charge in [-0.25, -0.2) is 9.36 Å². The van der Waals surface area contributed by atoms with Crippen LogP contribution in [0.3, 0.4) is 0 Å². The molecular weight excluding hydrogens is 412 g/mol. The van der Waals surface area contributed by atoms with Crippen LogP contribution in [0.4, 0.5) is 0 Å². The fraction of sp³-hybridized carbons (Fsp3) is 0.250. The molecular formula is C24H24N2O4S. The topological polar surface area (TPSA) is 62.5 Å². The molecule has 0 radical (unpaired) electrons. The second-order valence-corrected chi connectivity index (χ2v) is 8.70. The van der Waals surface area contributed by atoms with Crippen LogP contribution in [0.25, 0.3) is 15.9 Å². The highest BCUT2D eigenvalue weighted by Crippen LogP contribution is 2.30. The van der Waals surface area contributed by atoms with Crippen LogP contribution in [0.2, 0.25) is 0 Å². The zero-order valence-corrected chi connectivity index (χ0v) is 19.0. The van der Waals surface area contributed by atoms with E-state index in [4.69, 9.17) is 9.47 Å². The van der Waals surface area contributed by atoms with E-state index in [1.165, 1.54) is 23.0 Å². The minimum atomic E-state index is -0.399. The zero-order chi connectivity index (χ0) is 22.3. The highest BCUT2D eigenvalue weighted by molar-refractivity contribution is 7.18. The first-order valence-corrected chi connectivity index (χ1v) is 10.7. The lowest BCUT2D eigenvalue weighted by molar-refractivity contribution is 0.392. The highest BCUT2D eigenvalue weighted by Gasteiger charge is 2.21. The van der Waals surface area contributed by atoms with Crippen LogP contribution in [0.5, 0.6) is 11.5 Å². The van der Waals surface area contributed by atoms with Crippen molar-refractivity contribution in [3.63, 3.8) is 0 Å². The van der Waals surface area contributed by atoms with Gasteiger partial charge in [0.2, 0.25) is 0 Å².